The number of nitrogens with zero attached hydrogens (tertiary/aromatic N) is 3. The van der Waals surface area contributed by atoms with Crippen LogP contribution in [0.25, 0.3) is 10.9 Å². The van der Waals surface area contributed by atoms with E-state index in [1.807, 2.05) is 54.2 Å². The predicted octanol–water partition coefficient (Wildman–Crippen LogP) is 3.77. The SMILES string of the molecule is CC1CN(c2ccc(CNC(=O)c3c(Cl)c4ccccc4n3C)cn2)CC(C)O1. The monoisotopic (exact) mass is 412 g/mol. The van der Waals surface area contributed by atoms with Crippen molar-refractivity contribution in [3.8, 4) is 0 Å². The van der Waals surface area contributed by atoms with E-state index in [4.69, 9.17) is 16.3 Å². The normalized spacial score (nSPS) is 19.5. The average Bonchev–Trinajstić information content (AvgIpc) is 2.97. The summed E-state index contributed by atoms with van der Waals surface area (Å²) in [5, 5.41) is 4.31. The van der Waals surface area contributed by atoms with E-state index in [0.29, 0.717) is 17.3 Å². The Bertz CT molecular complexity index is 982. The molecule has 0 saturated carbocycles. The molecule has 152 valence electrons. The highest BCUT2D eigenvalue weighted by Crippen LogP contribution is 2.29. The third-order valence-electron chi connectivity index (χ3n) is 5.27. The summed E-state index contributed by atoms with van der Waals surface area (Å²) in [6, 6.07) is 11.7. The molecule has 4 rings (SSSR count). The molecule has 0 aliphatic carbocycles. The highest BCUT2D eigenvalue weighted by molar-refractivity contribution is 6.38. The molecule has 0 radical (unpaired) electrons. The molecule has 0 bridgehead atoms. The van der Waals surface area contributed by atoms with Crippen LogP contribution in [0.3, 0.4) is 0 Å². The smallest absolute Gasteiger partial charge is 0.269 e. The minimum Gasteiger partial charge on any atom is -0.372 e. The quantitative estimate of drug-likeness (QED) is 0.708. The summed E-state index contributed by atoms with van der Waals surface area (Å²) in [7, 11) is 1.85. The number of nitrogens with one attached hydrogen (secondary N) is 1. The van der Waals surface area contributed by atoms with Gasteiger partial charge in [0, 0.05) is 43.8 Å². The summed E-state index contributed by atoms with van der Waals surface area (Å²) in [6.45, 7) is 6.19. The number of halogens is 1. The van der Waals surface area contributed by atoms with E-state index in [1.165, 1.54) is 0 Å². The Morgan fingerprint density at radius 2 is 1.93 bits per heavy atom. The number of ether oxygens (including phenoxy) is 1. The third kappa shape index (κ3) is 3.95. The lowest BCUT2D eigenvalue weighted by Gasteiger charge is -2.36. The number of aryl methyl sites for hydroxylation is 1. The molecule has 3 heterocycles. The van der Waals surface area contributed by atoms with Gasteiger partial charge in [-0.15, -0.1) is 0 Å². The summed E-state index contributed by atoms with van der Waals surface area (Å²) >= 11 is 6.46. The van der Waals surface area contributed by atoms with Crippen molar-refractivity contribution >= 4 is 34.2 Å². The molecule has 3 aromatic rings. The molecule has 1 aliphatic heterocycles. The first-order valence-electron chi connectivity index (χ1n) is 9.80. The van der Waals surface area contributed by atoms with Gasteiger partial charge < -0.3 is 19.5 Å². The largest absolute Gasteiger partial charge is 0.372 e. The zero-order valence-electron chi connectivity index (χ0n) is 16.9. The van der Waals surface area contributed by atoms with Crippen molar-refractivity contribution in [2.45, 2.75) is 32.6 Å². The second kappa shape index (κ2) is 8.05. The van der Waals surface area contributed by atoms with Crippen molar-refractivity contribution in [1.29, 1.82) is 0 Å². The third-order valence-corrected chi connectivity index (χ3v) is 5.65. The number of rotatable bonds is 4. The molecule has 6 nitrogen and oxygen atoms in total. The van der Waals surface area contributed by atoms with Gasteiger partial charge in [-0.05, 0) is 31.5 Å². The van der Waals surface area contributed by atoms with Gasteiger partial charge in [0.25, 0.3) is 5.91 Å². The van der Waals surface area contributed by atoms with Crippen molar-refractivity contribution in [1.82, 2.24) is 14.9 Å². The van der Waals surface area contributed by atoms with Gasteiger partial charge in [-0.1, -0.05) is 35.9 Å². The van der Waals surface area contributed by atoms with Gasteiger partial charge in [-0.3, -0.25) is 4.79 Å². The first-order valence-corrected chi connectivity index (χ1v) is 10.2. The lowest BCUT2D eigenvalue weighted by atomic mass is 10.2. The second-order valence-electron chi connectivity index (χ2n) is 7.61. The number of pyridine rings is 1. The fraction of sp³-hybridized carbons (Fsp3) is 0.364. The van der Waals surface area contributed by atoms with Gasteiger partial charge in [0.15, 0.2) is 0 Å². The summed E-state index contributed by atoms with van der Waals surface area (Å²) in [5.74, 6) is 0.729. The summed E-state index contributed by atoms with van der Waals surface area (Å²) in [4.78, 5) is 19.6. The number of morpholine rings is 1. The zero-order chi connectivity index (χ0) is 20.5. The molecule has 0 spiro atoms. The number of para-hydroxylation sites is 1. The molecule has 1 amide bonds. The minimum atomic E-state index is -0.200. The maximum Gasteiger partial charge on any atom is 0.269 e. The molecule has 1 saturated heterocycles. The number of anilines is 1. The number of hydrogen-bond donors (Lipinski definition) is 1. The first kappa shape index (κ1) is 19.7. The van der Waals surface area contributed by atoms with Crippen molar-refractivity contribution in [3.63, 3.8) is 0 Å². The molecule has 1 fully saturated rings. The minimum absolute atomic E-state index is 0.185. The molecule has 1 aromatic carbocycles. The van der Waals surface area contributed by atoms with Crippen molar-refractivity contribution in [2.75, 3.05) is 18.0 Å². The van der Waals surface area contributed by atoms with E-state index >= 15 is 0 Å². The standard InChI is InChI=1S/C22H25ClN4O2/c1-14-12-27(13-15(2)29-14)19-9-8-16(10-24-19)11-25-22(28)21-20(23)17-6-4-5-7-18(17)26(21)3/h4-10,14-15H,11-13H2,1-3H3,(H,25,28). The number of aromatic nitrogens is 2. The molecular weight excluding hydrogens is 388 g/mol. The van der Waals surface area contributed by atoms with E-state index in [2.05, 4.69) is 29.0 Å². The Morgan fingerprint density at radius 3 is 2.59 bits per heavy atom. The maximum absolute atomic E-state index is 12.8. The number of carbonyl (C=O) groups is 1. The highest BCUT2D eigenvalue weighted by atomic mass is 35.5. The fourth-order valence-corrected chi connectivity index (χ4v) is 4.31. The predicted molar refractivity (Wildman–Crippen MR) is 116 cm³/mol. The molecule has 1 aliphatic rings. The molecule has 7 heteroatoms. The van der Waals surface area contributed by atoms with Gasteiger partial charge in [-0.25, -0.2) is 4.98 Å². The van der Waals surface area contributed by atoms with E-state index in [-0.39, 0.29) is 18.1 Å². The van der Waals surface area contributed by atoms with Crippen LogP contribution < -0.4 is 10.2 Å². The zero-order valence-corrected chi connectivity index (χ0v) is 17.6. The van der Waals surface area contributed by atoms with Crippen LogP contribution in [0.5, 0.6) is 0 Å². The van der Waals surface area contributed by atoms with Crippen LogP contribution in [0.15, 0.2) is 42.6 Å². The van der Waals surface area contributed by atoms with Crippen LogP contribution in [-0.4, -0.2) is 40.8 Å². The Kier molecular flexibility index (Phi) is 5.48. The molecular formula is C22H25ClN4O2. The molecule has 1 N–H and O–H groups in total. The number of fused-ring (bicyclic) bond motifs is 1. The van der Waals surface area contributed by atoms with Crippen LogP contribution in [0, 0.1) is 0 Å². The summed E-state index contributed by atoms with van der Waals surface area (Å²) < 4.78 is 7.61. The molecule has 2 unspecified atom stereocenters. The van der Waals surface area contributed by atoms with Crippen LogP contribution in [0.2, 0.25) is 5.02 Å². The highest BCUT2D eigenvalue weighted by Gasteiger charge is 2.23. The van der Waals surface area contributed by atoms with Gasteiger partial charge in [-0.2, -0.15) is 0 Å². The van der Waals surface area contributed by atoms with Crippen molar-refractivity contribution in [3.05, 3.63) is 58.9 Å². The van der Waals surface area contributed by atoms with Crippen LogP contribution >= 0.6 is 11.6 Å². The Labute approximate surface area is 175 Å². The van der Waals surface area contributed by atoms with Crippen molar-refractivity contribution in [2.24, 2.45) is 7.05 Å². The topological polar surface area (TPSA) is 59.4 Å². The maximum atomic E-state index is 12.8. The van der Waals surface area contributed by atoms with E-state index in [1.54, 1.807) is 0 Å². The molecule has 2 atom stereocenters. The molecule has 29 heavy (non-hydrogen) atoms. The van der Waals surface area contributed by atoms with Gasteiger partial charge in [0.1, 0.15) is 11.5 Å². The number of benzene rings is 1. The molecule has 2 aromatic heterocycles. The van der Waals surface area contributed by atoms with E-state index in [0.717, 1.165) is 35.4 Å². The van der Waals surface area contributed by atoms with Crippen LogP contribution in [0.1, 0.15) is 29.9 Å². The summed E-state index contributed by atoms with van der Waals surface area (Å²) in [5.41, 5.74) is 2.34. The van der Waals surface area contributed by atoms with E-state index < -0.39 is 0 Å². The van der Waals surface area contributed by atoms with Crippen molar-refractivity contribution < 1.29 is 9.53 Å². The second-order valence-corrected chi connectivity index (χ2v) is 7.99. The number of carbonyl (C=O) groups excluding carboxylic acids is 1. The van der Waals surface area contributed by atoms with Gasteiger partial charge in [0.2, 0.25) is 0 Å². The Hall–Kier alpha value is -2.57. The van der Waals surface area contributed by atoms with Gasteiger partial charge >= 0.3 is 0 Å². The van der Waals surface area contributed by atoms with Crippen LogP contribution in [-0.2, 0) is 18.3 Å². The number of hydrogen-bond acceptors (Lipinski definition) is 4. The Morgan fingerprint density at radius 1 is 1.21 bits per heavy atom. The number of amides is 1. The fourth-order valence-electron chi connectivity index (χ4n) is 3.94. The average molecular weight is 413 g/mol. The van der Waals surface area contributed by atoms with Gasteiger partial charge in [0.05, 0.1) is 17.2 Å². The summed E-state index contributed by atoms with van der Waals surface area (Å²) in [6.07, 6.45) is 2.18. The first-order chi connectivity index (χ1) is 13.9. The van der Waals surface area contributed by atoms with E-state index in [9.17, 15) is 4.79 Å². The Balaban J connectivity index is 1.44. The lowest BCUT2D eigenvalue weighted by Crippen LogP contribution is -2.45. The van der Waals surface area contributed by atoms with Crippen LogP contribution in [0.4, 0.5) is 5.82 Å². The lowest BCUT2D eigenvalue weighted by molar-refractivity contribution is -0.00546.